The van der Waals surface area contributed by atoms with E-state index in [1.807, 2.05) is 55.5 Å². The molecule has 4 nitrogen and oxygen atoms in total. The molecule has 0 saturated heterocycles. The van der Waals surface area contributed by atoms with Crippen molar-refractivity contribution in [3.05, 3.63) is 107 Å². The van der Waals surface area contributed by atoms with Crippen molar-refractivity contribution in [3.63, 3.8) is 0 Å². The van der Waals surface area contributed by atoms with Crippen LogP contribution in [0.25, 0.3) is 6.08 Å². The van der Waals surface area contributed by atoms with Gasteiger partial charge in [0.2, 0.25) is 5.90 Å². The van der Waals surface area contributed by atoms with Crippen molar-refractivity contribution < 1.29 is 18.7 Å². The van der Waals surface area contributed by atoms with Crippen molar-refractivity contribution in [1.29, 1.82) is 0 Å². The lowest BCUT2D eigenvalue weighted by atomic mass is 10.1. The number of carbonyl (C=O) groups excluding carboxylic acids is 1. The molecule has 3 aromatic carbocycles. The van der Waals surface area contributed by atoms with E-state index in [2.05, 4.69) is 4.99 Å². The van der Waals surface area contributed by atoms with E-state index < -0.39 is 5.97 Å². The fourth-order valence-corrected chi connectivity index (χ4v) is 2.83. The number of esters is 1. The van der Waals surface area contributed by atoms with E-state index in [0.29, 0.717) is 18.3 Å². The average molecular weight is 387 g/mol. The van der Waals surface area contributed by atoms with Crippen molar-refractivity contribution in [2.24, 2.45) is 4.99 Å². The Morgan fingerprint density at radius 1 is 1.03 bits per heavy atom. The van der Waals surface area contributed by atoms with E-state index in [4.69, 9.17) is 9.47 Å². The van der Waals surface area contributed by atoms with Crippen LogP contribution in [0.5, 0.6) is 5.75 Å². The van der Waals surface area contributed by atoms with E-state index in [-0.39, 0.29) is 11.5 Å². The summed E-state index contributed by atoms with van der Waals surface area (Å²) in [4.78, 5) is 16.5. The Kier molecular flexibility index (Phi) is 5.20. The van der Waals surface area contributed by atoms with Crippen LogP contribution >= 0.6 is 0 Å². The average Bonchev–Trinajstić information content (AvgIpc) is 3.09. The number of hydrogen-bond donors (Lipinski definition) is 0. The first-order chi connectivity index (χ1) is 14.1. The molecule has 0 bridgehead atoms. The summed E-state index contributed by atoms with van der Waals surface area (Å²) in [5.41, 5.74) is 3.73. The second-order valence-corrected chi connectivity index (χ2v) is 6.69. The molecule has 1 heterocycles. The molecule has 0 radical (unpaired) electrons. The molecule has 4 rings (SSSR count). The van der Waals surface area contributed by atoms with Gasteiger partial charge in [0.1, 0.15) is 18.2 Å². The van der Waals surface area contributed by atoms with Crippen LogP contribution in [-0.4, -0.2) is 11.9 Å². The van der Waals surface area contributed by atoms with Gasteiger partial charge in [0.25, 0.3) is 0 Å². The first-order valence-electron chi connectivity index (χ1n) is 9.14. The summed E-state index contributed by atoms with van der Waals surface area (Å²) >= 11 is 0. The molecule has 0 fully saturated rings. The molecule has 0 saturated carbocycles. The Morgan fingerprint density at radius 3 is 2.55 bits per heavy atom. The molecule has 1 aliphatic rings. The van der Waals surface area contributed by atoms with Gasteiger partial charge in [0, 0.05) is 5.56 Å². The maximum Gasteiger partial charge on any atom is 0.363 e. The maximum absolute atomic E-state index is 13.0. The molecule has 0 atom stereocenters. The normalized spacial score (nSPS) is 14.6. The molecule has 144 valence electrons. The Hall–Kier alpha value is -3.73. The highest BCUT2D eigenvalue weighted by Gasteiger charge is 2.24. The topological polar surface area (TPSA) is 47.9 Å². The van der Waals surface area contributed by atoms with Gasteiger partial charge in [-0.2, -0.15) is 0 Å². The van der Waals surface area contributed by atoms with Gasteiger partial charge in [-0.25, -0.2) is 14.2 Å². The summed E-state index contributed by atoms with van der Waals surface area (Å²) in [7, 11) is 0. The van der Waals surface area contributed by atoms with Crippen LogP contribution in [0.15, 0.2) is 83.5 Å². The minimum Gasteiger partial charge on any atom is -0.489 e. The zero-order valence-corrected chi connectivity index (χ0v) is 15.8. The van der Waals surface area contributed by atoms with Gasteiger partial charge in [-0.15, -0.1) is 0 Å². The standard InChI is InChI=1S/C24H18FNO3/c1-16-5-9-19(10-6-16)23-26-22(24(27)29-23)14-18-3-2-4-21(13-18)28-15-17-7-11-20(25)12-8-17/h2-14H,15H2,1H3/b22-14-. The van der Waals surface area contributed by atoms with Gasteiger partial charge >= 0.3 is 5.97 Å². The predicted molar refractivity (Wildman–Crippen MR) is 109 cm³/mol. The lowest BCUT2D eigenvalue weighted by molar-refractivity contribution is -0.129. The number of ether oxygens (including phenoxy) is 2. The lowest BCUT2D eigenvalue weighted by Gasteiger charge is -2.07. The predicted octanol–water partition coefficient (Wildman–Crippen LogP) is 5.06. The summed E-state index contributed by atoms with van der Waals surface area (Å²) in [5, 5.41) is 0. The zero-order valence-electron chi connectivity index (χ0n) is 15.8. The van der Waals surface area contributed by atoms with Crippen LogP contribution < -0.4 is 4.74 Å². The number of nitrogens with zero attached hydrogens (tertiary/aromatic N) is 1. The van der Waals surface area contributed by atoms with Gasteiger partial charge in [-0.1, -0.05) is 42.0 Å². The molecule has 1 aliphatic heterocycles. The molecule has 0 unspecified atom stereocenters. The second kappa shape index (κ2) is 8.10. The number of hydrogen-bond acceptors (Lipinski definition) is 4. The van der Waals surface area contributed by atoms with Crippen LogP contribution in [0, 0.1) is 12.7 Å². The van der Waals surface area contributed by atoms with Crippen LogP contribution in [0.4, 0.5) is 4.39 Å². The maximum atomic E-state index is 13.0. The monoisotopic (exact) mass is 387 g/mol. The molecule has 0 aliphatic carbocycles. The van der Waals surface area contributed by atoms with Gasteiger partial charge < -0.3 is 9.47 Å². The molecule has 0 N–H and O–H groups in total. The van der Waals surface area contributed by atoms with Crippen molar-refractivity contribution in [3.8, 4) is 5.75 Å². The highest BCUT2D eigenvalue weighted by molar-refractivity contribution is 6.12. The fraction of sp³-hybridized carbons (Fsp3) is 0.0833. The van der Waals surface area contributed by atoms with Gasteiger partial charge in [0.15, 0.2) is 5.70 Å². The smallest absolute Gasteiger partial charge is 0.363 e. The molecule has 29 heavy (non-hydrogen) atoms. The van der Waals surface area contributed by atoms with Crippen molar-refractivity contribution in [2.75, 3.05) is 0 Å². The number of cyclic esters (lactones) is 1. The Balaban J connectivity index is 1.50. The first kappa shape index (κ1) is 18.6. The SMILES string of the molecule is Cc1ccc(C2=N/C(=C\c3cccc(OCc4ccc(F)cc4)c3)C(=O)O2)cc1. The minimum atomic E-state index is -0.488. The van der Waals surface area contributed by atoms with Crippen molar-refractivity contribution in [2.45, 2.75) is 13.5 Å². The van der Waals surface area contributed by atoms with E-state index in [0.717, 1.165) is 22.3 Å². The summed E-state index contributed by atoms with van der Waals surface area (Å²) < 4.78 is 24.0. The second-order valence-electron chi connectivity index (χ2n) is 6.69. The Bertz CT molecular complexity index is 1100. The third-order valence-corrected chi connectivity index (χ3v) is 4.40. The third kappa shape index (κ3) is 4.58. The van der Waals surface area contributed by atoms with Crippen molar-refractivity contribution in [1.82, 2.24) is 0 Å². The Labute approximate surface area is 167 Å². The van der Waals surface area contributed by atoms with Gasteiger partial charge in [-0.3, -0.25) is 0 Å². The molecule has 5 heteroatoms. The quantitative estimate of drug-likeness (QED) is 0.454. The highest BCUT2D eigenvalue weighted by atomic mass is 19.1. The summed E-state index contributed by atoms with van der Waals surface area (Å²) in [6.07, 6.45) is 1.66. The number of rotatable bonds is 5. The van der Waals surface area contributed by atoms with Gasteiger partial charge in [0.05, 0.1) is 0 Å². The van der Waals surface area contributed by atoms with E-state index >= 15 is 0 Å². The minimum absolute atomic E-state index is 0.233. The number of carbonyl (C=O) groups is 1. The molecule has 0 spiro atoms. The number of aryl methyl sites for hydroxylation is 1. The van der Waals surface area contributed by atoms with Crippen molar-refractivity contribution >= 4 is 17.9 Å². The highest BCUT2D eigenvalue weighted by Crippen LogP contribution is 2.22. The van der Waals surface area contributed by atoms with Gasteiger partial charge in [-0.05, 0) is 60.5 Å². The van der Waals surface area contributed by atoms with E-state index in [9.17, 15) is 9.18 Å². The fourth-order valence-electron chi connectivity index (χ4n) is 2.83. The zero-order chi connectivity index (χ0) is 20.2. The van der Waals surface area contributed by atoms with E-state index in [1.165, 1.54) is 12.1 Å². The molecule has 0 aromatic heterocycles. The molecule has 0 amide bonds. The summed E-state index contributed by atoms with van der Waals surface area (Å²) in [6, 6.07) is 21.1. The summed E-state index contributed by atoms with van der Waals surface area (Å²) in [6.45, 7) is 2.31. The lowest BCUT2D eigenvalue weighted by Crippen LogP contribution is -2.05. The number of halogens is 1. The van der Waals surface area contributed by atoms with Crippen LogP contribution in [0.3, 0.4) is 0 Å². The van der Waals surface area contributed by atoms with Crippen LogP contribution in [0.1, 0.15) is 22.3 Å². The third-order valence-electron chi connectivity index (χ3n) is 4.40. The van der Waals surface area contributed by atoms with Crippen LogP contribution in [0.2, 0.25) is 0 Å². The largest absolute Gasteiger partial charge is 0.489 e. The number of aliphatic imine (C=N–C) groups is 1. The molecular weight excluding hydrogens is 369 g/mol. The molecular formula is C24H18FNO3. The number of benzene rings is 3. The summed E-state index contributed by atoms with van der Waals surface area (Å²) in [5.74, 6) is 0.164. The Morgan fingerprint density at radius 2 is 1.79 bits per heavy atom. The first-order valence-corrected chi connectivity index (χ1v) is 9.14. The van der Waals surface area contributed by atoms with E-state index in [1.54, 1.807) is 18.2 Å². The van der Waals surface area contributed by atoms with Crippen LogP contribution in [-0.2, 0) is 16.1 Å². The molecule has 3 aromatic rings.